The van der Waals surface area contributed by atoms with E-state index in [4.69, 9.17) is 0 Å². The summed E-state index contributed by atoms with van der Waals surface area (Å²) in [5.41, 5.74) is 0. The molecule has 0 amide bonds. The molecule has 4 atom stereocenters. The summed E-state index contributed by atoms with van der Waals surface area (Å²) in [5.74, 6) is 0.902. The molecule has 0 radical (unpaired) electrons. The lowest BCUT2D eigenvalue weighted by atomic mass is 9.92. The molecule has 1 aliphatic heterocycles. The summed E-state index contributed by atoms with van der Waals surface area (Å²) in [5, 5.41) is 3.51. The van der Waals surface area contributed by atoms with Crippen molar-refractivity contribution < 1.29 is 0 Å². The van der Waals surface area contributed by atoms with Gasteiger partial charge in [-0.2, -0.15) is 0 Å². The van der Waals surface area contributed by atoms with Crippen LogP contribution in [0.15, 0.2) is 0 Å². The summed E-state index contributed by atoms with van der Waals surface area (Å²) in [6.45, 7) is 6.14. The van der Waals surface area contributed by atoms with Gasteiger partial charge in [-0.3, -0.25) is 4.90 Å². The second kappa shape index (κ2) is 4.84. The van der Waals surface area contributed by atoms with Crippen molar-refractivity contribution in [2.45, 2.75) is 64.1 Å². The number of likely N-dealkylation sites (N-methyl/N-ethyl adjacent to an activating group) is 1. The van der Waals surface area contributed by atoms with Crippen molar-refractivity contribution in [2.24, 2.45) is 5.92 Å². The first-order valence-electron chi connectivity index (χ1n) is 6.65. The number of hydrogen-bond acceptors (Lipinski definition) is 2. The highest BCUT2D eigenvalue weighted by Gasteiger charge is 2.35. The summed E-state index contributed by atoms with van der Waals surface area (Å²) in [4.78, 5) is 2.78. The molecule has 0 spiro atoms. The molecule has 2 heteroatoms. The Hall–Kier alpha value is -0.0800. The molecule has 88 valence electrons. The Morgan fingerprint density at radius 1 is 1.07 bits per heavy atom. The van der Waals surface area contributed by atoms with E-state index in [-0.39, 0.29) is 0 Å². The van der Waals surface area contributed by atoms with Crippen molar-refractivity contribution in [2.75, 3.05) is 13.6 Å². The van der Waals surface area contributed by atoms with Crippen molar-refractivity contribution in [1.29, 1.82) is 0 Å². The Morgan fingerprint density at radius 3 is 2.60 bits per heavy atom. The third kappa shape index (κ3) is 2.36. The van der Waals surface area contributed by atoms with E-state index in [1.54, 1.807) is 0 Å². The fraction of sp³-hybridized carbons (Fsp3) is 1.00. The van der Waals surface area contributed by atoms with E-state index >= 15 is 0 Å². The van der Waals surface area contributed by atoms with Crippen LogP contribution in [-0.4, -0.2) is 36.6 Å². The summed E-state index contributed by atoms with van der Waals surface area (Å²) in [6.07, 6.45) is 7.01. The third-order valence-corrected chi connectivity index (χ3v) is 4.44. The molecule has 1 saturated heterocycles. The number of piperidine rings is 1. The second-order valence-electron chi connectivity index (χ2n) is 5.62. The molecule has 1 N–H and O–H groups in total. The van der Waals surface area contributed by atoms with Crippen LogP contribution in [0.3, 0.4) is 0 Å². The fourth-order valence-corrected chi connectivity index (χ4v) is 3.46. The van der Waals surface area contributed by atoms with Crippen molar-refractivity contribution >= 4 is 0 Å². The standard InChI is InChI=1S/C13H26N2/c1-10-7-8-11(2)15(9-10)13-6-4-5-12(13)14-3/h10-14H,4-9H2,1-3H3. The quantitative estimate of drug-likeness (QED) is 0.752. The molecule has 1 aliphatic carbocycles. The minimum atomic E-state index is 0.748. The predicted octanol–water partition coefficient (Wildman–Crippen LogP) is 2.25. The molecular formula is C13H26N2. The summed E-state index contributed by atoms with van der Waals surface area (Å²) in [6, 6.07) is 2.37. The van der Waals surface area contributed by atoms with Gasteiger partial charge in [0.15, 0.2) is 0 Å². The van der Waals surface area contributed by atoms with Gasteiger partial charge in [0.05, 0.1) is 0 Å². The Bertz CT molecular complexity index is 205. The lowest BCUT2D eigenvalue weighted by molar-refractivity contribution is 0.0678. The normalized spacial score (nSPS) is 43.4. The molecule has 2 rings (SSSR count). The maximum Gasteiger partial charge on any atom is 0.0252 e. The summed E-state index contributed by atoms with van der Waals surface area (Å²) < 4.78 is 0. The monoisotopic (exact) mass is 210 g/mol. The van der Waals surface area contributed by atoms with Crippen molar-refractivity contribution in [1.82, 2.24) is 10.2 Å². The predicted molar refractivity (Wildman–Crippen MR) is 65.1 cm³/mol. The van der Waals surface area contributed by atoms with E-state index in [0.29, 0.717) is 0 Å². The lowest BCUT2D eigenvalue weighted by Gasteiger charge is -2.43. The molecule has 2 nitrogen and oxygen atoms in total. The van der Waals surface area contributed by atoms with Gasteiger partial charge < -0.3 is 5.32 Å². The average Bonchev–Trinajstić information content (AvgIpc) is 2.69. The highest BCUT2D eigenvalue weighted by molar-refractivity contribution is 4.93. The van der Waals surface area contributed by atoms with Gasteiger partial charge in [-0.05, 0) is 45.6 Å². The fourth-order valence-electron chi connectivity index (χ4n) is 3.46. The van der Waals surface area contributed by atoms with Crippen molar-refractivity contribution in [3.8, 4) is 0 Å². The summed E-state index contributed by atoms with van der Waals surface area (Å²) in [7, 11) is 2.13. The van der Waals surface area contributed by atoms with E-state index in [2.05, 4.69) is 31.1 Å². The zero-order valence-electron chi connectivity index (χ0n) is 10.5. The second-order valence-corrected chi connectivity index (χ2v) is 5.62. The Labute approximate surface area is 94.4 Å². The Morgan fingerprint density at radius 2 is 1.87 bits per heavy atom. The van der Waals surface area contributed by atoms with E-state index in [1.165, 1.54) is 38.6 Å². The van der Waals surface area contributed by atoms with Crippen LogP contribution in [0.4, 0.5) is 0 Å². The highest BCUT2D eigenvalue weighted by Crippen LogP contribution is 2.31. The molecule has 0 aromatic rings. The first-order valence-corrected chi connectivity index (χ1v) is 6.65. The van der Waals surface area contributed by atoms with Crippen molar-refractivity contribution in [3.05, 3.63) is 0 Å². The highest BCUT2D eigenvalue weighted by atomic mass is 15.2. The van der Waals surface area contributed by atoms with Crippen LogP contribution in [0.1, 0.15) is 46.0 Å². The van der Waals surface area contributed by atoms with Crippen LogP contribution in [0, 0.1) is 5.92 Å². The molecule has 0 bridgehead atoms. The van der Waals surface area contributed by atoms with Gasteiger partial charge >= 0.3 is 0 Å². The molecule has 4 unspecified atom stereocenters. The van der Waals surface area contributed by atoms with Crippen LogP contribution in [-0.2, 0) is 0 Å². The maximum atomic E-state index is 3.51. The molecule has 0 aromatic heterocycles. The molecule has 2 fully saturated rings. The van der Waals surface area contributed by atoms with Gasteiger partial charge in [0, 0.05) is 24.7 Å². The van der Waals surface area contributed by atoms with E-state index in [0.717, 1.165) is 24.0 Å². The third-order valence-electron chi connectivity index (χ3n) is 4.44. The van der Waals surface area contributed by atoms with Crippen molar-refractivity contribution in [3.63, 3.8) is 0 Å². The summed E-state index contributed by atoms with van der Waals surface area (Å²) >= 11 is 0. The Kier molecular flexibility index (Phi) is 3.68. The zero-order valence-corrected chi connectivity index (χ0v) is 10.5. The average molecular weight is 210 g/mol. The number of nitrogens with one attached hydrogen (secondary N) is 1. The molecule has 1 heterocycles. The van der Waals surface area contributed by atoms with E-state index in [9.17, 15) is 0 Å². The number of nitrogens with zero attached hydrogens (tertiary/aromatic N) is 1. The van der Waals surface area contributed by atoms with Gasteiger partial charge in [0.2, 0.25) is 0 Å². The molecule has 1 saturated carbocycles. The Balaban J connectivity index is 2.00. The van der Waals surface area contributed by atoms with E-state index in [1.807, 2.05) is 0 Å². The van der Waals surface area contributed by atoms with Crippen LogP contribution >= 0.6 is 0 Å². The van der Waals surface area contributed by atoms with Gasteiger partial charge in [-0.1, -0.05) is 13.3 Å². The number of rotatable bonds is 2. The lowest BCUT2D eigenvalue weighted by Crippen LogP contribution is -2.52. The van der Waals surface area contributed by atoms with Crippen LogP contribution in [0.25, 0.3) is 0 Å². The minimum Gasteiger partial charge on any atom is -0.315 e. The number of hydrogen-bond donors (Lipinski definition) is 1. The molecule has 0 aromatic carbocycles. The van der Waals surface area contributed by atoms with E-state index < -0.39 is 0 Å². The first kappa shape index (κ1) is 11.4. The molecular weight excluding hydrogens is 184 g/mol. The maximum absolute atomic E-state index is 3.51. The van der Waals surface area contributed by atoms with Crippen LogP contribution < -0.4 is 5.32 Å². The largest absolute Gasteiger partial charge is 0.315 e. The van der Waals surface area contributed by atoms with Crippen LogP contribution in [0.5, 0.6) is 0 Å². The topological polar surface area (TPSA) is 15.3 Å². The van der Waals surface area contributed by atoms with Gasteiger partial charge in [-0.15, -0.1) is 0 Å². The smallest absolute Gasteiger partial charge is 0.0252 e. The number of likely N-dealkylation sites (tertiary alicyclic amines) is 1. The van der Waals surface area contributed by atoms with Gasteiger partial charge in [-0.25, -0.2) is 0 Å². The van der Waals surface area contributed by atoms with Gasteiger partial charge in [0.25, 0.3) is 0 Å². The zero-order chi connectivity index (χ0) is 10.8. The molecule has 15 heavy (non-hydrogen) atoms. The van der Waals surface area contributed by atoms with Crippen LogP contribution in [0.2, 0.25) is 0 Å². The molecule has 2 aliphatic rings. The first-order chi connectivity index (χ1) is 7.22. The minimum absolute atomic E-state index is 0.748. The van der Waals surface area contributed by atoms with Gasteiger partial charge in [0.1, 0.15) is 0 Å². The SMILES string of the molecule is CNC1CCCC1N1CC(C)CCC1C.